The van der Waals surface area contributed by atoms with Crippen molar-refractivity contribution < 1.29 is 9.53 Å². The standard InChI is InChI=1S/C18H20N4O2S.CH4/c1-18(6-9-25-17(19)22-18)13-5-3-4-12(10-13)11-14(23)15-16(24-2)21-8-7-20-15;/h3-5,7-8,10H,6,9,11H2,1-2H3,(H2,19,22);1H4/t18-;/m0./s1. The van der Waals surface area contributed by atoms with Crippen molar-refractivity contribution in [3.63, 3.8) is 0 Å². The van der Waals surface area contributed by atoms with Gasteiger partial charge in [0.2, 0.25) is 5.88 Å². The maximum absolute atomic E-state index is 12.6. The molecule has 1 aromatic carbocycles. The van der Waals surface area contributed by atoms with Crippen LogP contribution in [0.5, 0.6) is 5.88 Å². The van der Waals surface area contributed by atoms with Gasteiger partial charge >= 0.3 is 0 Å². The first-order valence-corrected chi connectivity index (χ1v) is 8.96. The summed E-state index contributed by atoms with van der Waals surface area (Å²) in [6.45, 7) is 2.08. The molecule has 0 saturated carbocycles. The number of ether oxygens (including phenoxy) is 1. The van der Waals surface area contributed by atoms with Crippen molar-refractivity contribution in [2.75, 3.05) is 12.9 Å². The molecule has 0 radical (unpaired) electrons. The van der Waals surface area contributed by atoms with Crippen molar-refractivity contribution in [1.29, 1.82) is 0 Å². The second-order valence-corrected chi connectivity index (χ2v) is 7.15. The maximum atomic E-state index is 12.6. The van der Waals surface area contributed by atoms with Crippen LogP contribution in [-0.2, 0) is 12.0 Å². The van der Waals surface area contributed by atoms with Crippen molar-refractivity contribution in [2.45, 2.75) is 32.7 Å². The minimum Gasteiger partial charge on any atom is -0.479 e. The van der Waals surface area contributed by atoms with E-state index in [2.05, 4.69) is 21.9 Å². The van der Waals surface area contributed by atoms with Gasteiger partial charge in [-0.25, -0.2) is 9.97 Å². The number of thioether (sulfide) groups is 1. The Hall–Kier alpha value is -2.41. The SMILES string of the molecule is C.COc1nccnc1C(=O)Cc1cccc([C@]2(C)CCSC(N)=N2)c1. The van der Waals surface area contributed by atoms with Gasteiger partial charge in [0.05, 0.1) is 12.6 Å². The second kappa shape index (κ2) is 8.31. The summed E-state index contributed by atoms with van der Waals surface area (Å²) in [7, 11) is 1.48. The van der Waals surface area contributed by atoms with Gasteiger partial charge in [0, 0.05) is 24.6 Å². The van der Waals surface area contributed by atoms with Crippen LogP contribution >= 0.6 is 11.8 Å². The second-order valence-electron chi connectivity index (χ2n) is 6.04. The highest BCUT2D eigenvalue weighted by atomic mass is 32.2. The van der Waals surface area contributed by atoms with E-state index < -0.39 is 0 Å². The van der Waals surface area contributed by atoms with Gasteiger partial charge < -0.3 is 10.5 Å². The zero-order valence-corrected chi connectivity index (χ0v) is 15.0. The molecule has 2 heterocycles. The third-order valence-corrected chi connectivity index (χ3v) is 5.03. The number of hydrogen-bond donors (Lipinski definition) is 1. The lowest BCUT2D eigenvalue weighted by Gasteiger charge is -2.30. The predicted molar refractivity (Wildman–Crippen MR) is 106 cm³/mol. The molecule has 0 aliphatic carbocycles. The summed E-state index contributed by atoms with van der Waals surface area (Å²) in [4.78, 5) is 25.3. The quantitative estimate of drug-likeness (QED) is 0.811. The number of rotatable bonds is 5. The number of nitrogens with two attached hydrogens (primary N) is 1. The molecule has 7 heteroatoms. The molecule has 2 N–H and O–H groups in total. The number of nitrogens with zero attached hydrogens (tertiary/aromatic N) is 3. The fourth-order valence-corrected chi connectivity index (χ4v) is 3.82. The summed E-state index contributed by atoms with van der Waals surface area (Å²) in [6.07, 6.45) is 4.13. The molecule has 0 amide bonds. The number of amidine groups is 1. The van der Waals surface area contributed by atoms with E-state index in [1.54, 1.807) is 11.8 Å². The first-order valence-electron chi connectivity index (χ1n) is 7.97. The summed E-state index contributed by atoms with van der Waals surface area (Å²) < 4.78 is 5.12. The van der Waals surface area contributed by atoms with Gasteiger partial charge in [0.1, 0.15) is 0 Å². The molecule has 2 aromatic rings. The number of aromatic nitrogens is 2. The average molecular weight is 372 g/mol. The summed E-state index contributed by atoms with van der Waals surface area (Å²) in [6, 6.07) is 7.93. The van der Waals surface area contributed by atoms with E-state index in [4.69, 9.17) is 10.5 Å². The Labute approximate surface area is 158 Å². The van der Waals surface area contributed by atoms with Crippen molar-refractivity contribution in [3.8, 4) is 5.88 Å². The van der Waals surface area contributed by atoms with E-state index in [9.17, 15) is 4.79 Å². The first-order chi connectivity index (χ1) is 12.0. The Morgan fingerprint density at radius 1 is 1.35 bits per heavy atom. The molecule has 6 nitrogen and oxygen atoms in total. The Balaban J connectivity index is 0.00000243. The van der Waals surface area contributed by atoms with Crippen LogP contribution < -0.4 is 10.5 Å². The van der Waals surface area contributed by atoms with E-state index in [1.807, 2.05) is 24.3 Å². The van der Waals surface area contributed by atoms with Crippen LogP contribution in [0.25, 0.3) is 0 Å². The van der Waals surface area contributed by atoms with Crippen LogP contribution in [0.1, 0.15) is 42.4 Å². The minimum absolute atomic E-state index is 0. The number of carbonyl (C=O) groups excluding carboxylic acids is 1. The van der Waals surface area contributed by atoms with Crippen LogP contribution in [0.15, 0.2) is 41.7 Å². The lowest BCUT2D eigenvalue weighted by Crippen LogP contribution is -2.28. The molecule has 1 atom stereocenters. The topological polar surface area (TPSA) is 90.5 Å². The van der Waals surface area contributed by atoms with Crippen LogP contribution in [0, 0.1) is 0 Å². The molecule has 138 valence electrons. The fraction of sp³-hybridized carbons (Fsp3) is 0.368. The molecule has 26 heavy (non-hydrogen) atoms. The normalized spacial score (nSPS) is 19.2. The Bertz CT molecular complexity index is 825. The van der Waals surface area contributed by atoms with E-state index in [0.717, 1.165) is 23.3 Å². The van der Waals surface area contributed by atoms with Crippen LogP contribution in [0.3, 0.4) is 0 Å². The van der Waals surface area contributed by atoms with Gasteiger partial charge in [0.25, 0.3) is 0 Å². The summed E-state index contributed by atoms with van der Waals surface area (Å²) in [5, 5.41) is 0.611. The average Bonchev–Trinajstić information content (AvgIpc) is 2.61. The van der Waals surface area contributed by atoms with Gasteiger partial charge in [-0.1, -0.05) is 43.5 Å². The van der Waals surface area contributed by atoms with Gasteiger partial charge in [-0.15, -0.1) is 0 Å². The highest BCUT2D eigenvalue weighted by Crippen LogP contribution is 2.35. The third kappa shape index (κ3) is 4.22. The van der Waals surface area contributed by atoms with E-state index in [-0.39, 0.29) is 36.7 Å². The summed E-state index contributed by atoms with van der Waals surface area (Å²) in [5.41, 5.74) is 7.77. The fourth-order valence-electron chi connectivity index (χ4n) is 2.85. The van der Waals surface area contributed by atoms with Crippen LogP contribution in [0.2, 0.25) is 0 Å². The zero-order chi connectivity index (χ0) is 17.9. The molecule has 0 spiro atoms. The molecular weight excluding hydrogens is 348 g/mol. The Kier molecular flexibility index (Phi) is 6.37. The Morgan fingerprint density at radius 3 is 2.85 bits per heavy atom. The van der Waals surface area contributed by atoms with Crippen molar-refractivity contribution in [3.05, 3.63) is 53.5 Å². The molecule has 0 saturated heterocycles. The van der Waals surface area contributed by atoms with Gasteiger partial charge in [-0.05, 0) is 24.5 Å². The number of hydrogen-bond acceptors (Lipinski definition) is 7. The molecule has 1 aliphatic heterocycles. The van der Waals surface area contributed by atoms with Crippen molar-refractivity contribution in [1.82, 2.24) is 9.97 Å². The molecule has 1 aliphatic rings. The van der Waals surface area contributed by atoms with Gasteiger partial charge in [0.15, 0.2) is 16.6 Å². The van der Waals surface area contributed by atoms with E-state index in [1.165, 1.54) is 19.5 Å². The lowest BCUT2D eigenvalue weighted by atomic mass is 9.88. The molecule has 3 rings (SSSR count). The molecule has 1 aromatic heterocycles. The number of aliphatic imine (C=N–C) groups is 1. The largest absolute Gasteiger partial charge is 0.479 e. The van der Waals surface area contributed by atoms with E-state index in [0.29, 0.717) is 5.17 Å². The van der Waals surface area contributed by atoms with Crippen molar-refractivity contribution in [2.24, 2.45) is 10.7 Å². The molecule has 0 unspecified atom stereocenters. The predicted octanol–water partition coefficient (Wildman–Crippen LogP) is 3.21. The van der Waals surface area contributed by atoms with Crippen LogP contribution in [-0.4, -0.2) is 33.8 Å². The van der Waals surface area contributed by atoms with Gasteiger partial charge in [-0.2, -0.15) is 0 Å². The smallest absolute Gasteiger partial charge is 0.243 e. The zero-order valence-electron chi connectivity index (χ0n) is 14.2. The number of carbonyl (C=O) groups is 1. The molecule has 0 bridgehead atoms. The number of ketones is 1. The number of benzene rings is 1. The lowest BCUT2D eigenvalue weighted by molar-refractivity contribution is 0.0984. The van der Waals surface area contributed by atoms with Crippen LogP contribution in [0.4, 0.5) is 0 Å². The van der Waals surface area contributed by atoms with Gasteiger partial charge in [-0.3, -0.25) is 9.79 Å². The number of methoxy groups -OCH3 is 1. The monoisotopic (exact) mass is 372 g/mol. The highest BCUT2D eigenvalue weighted by Gasteiger charge is 2.29. The minimum atomic E-state index is -0.349. The first kappa shape index (κ1) is 19.9. The molecular formula is C19H24N4O2S. The Morgan fingerprint density at radius 2 is 2.12 bits per heavy atom. The summed E-state index contributed by atoms with van der Waals surface area (Å²) in [5.74, 6) is 1.05. The summed E-state index contributed by atoms with van der Waals surface area (Å²) >= 11 is 1.58. The third-order valence-electron chi connectivity index (χ3n) is 4.23. The van der Waals surface area contributed by atoms with Crippen molar-refractivity contribution >= 4 is 22.7 Å². The molecule has 0 fully saturated rings. The highest BCUT2D eigenvalue weighted by molar-refractivity contribution is 8.13. The maximum Gasteiger partial charge on any atom is 0.243 e. The number of Topliss-reactive ketones (excluding diaryl/α,β-unsaturated/α-hetero) is 1. The van der Waals surface area contributed by atoms with E-state index >= 15 is 0 Å².